The quantitative estimate of drug-likeness (QED) is 0.340. The molecule has 2 aromatic rings. The number of carbonyl (C=O) groups excluding carboxylic acids is 2. The second kappa shape index (κ2) is 10.2. The Bertz CT molecular complexity index is 1070. The van der Waals surface area contributed by atoms with Gasteiger partial charge in [0.2, 0.25) is 15.2 Å². The number of rotatable bonds is 7. The number of aromatic nitrogens is 2. The van der Waals surface area contributed by atoms with Crippen LogP contribution in [0.5, 0.6) is 0 Å². The summed E-state index contributed by atoms with van der Waals surface area (Å²) in [6, 6.07) is 4.04. The van der Waals surface area contributed by atoms with Crippen molar-refractivity contribution in [3.05, 3.63) is 28.8 Å². The lowest BCUT2D eigenvalue weighted by Crippen LogP contribution is -2.47. The number of ether oxygens (including phenoxy) is 1. The molecule has 0 radical (unpaired) electrons. The number of esters is 1. The summed E-state index contributed by atoms with van der Waals surface area (Å²) in [5, 5.41) is 10.6. The maximum absolute atomic E-state index is 13.0. The Kier molecular flexibility index (Phi) is 7.88. The van der Waals surface area contributed by atoms with Crippen molar-refractivity contribution < 1.29 is 22.7 Å². The van der Waals surface area contributed by atoms with Gasteiger partial charge in [0.1, 0.15) is 0 Å². The summed E-state index contributed by atoms with van der Waals surface area (Å²) in [6.45, 7) is 2.01. The highest BCUT2D eigenvalue weighted by Gasteiger charge is 2.28. The number of piperazine rings is 1. The minimum absolute atomic E-state index is 0.00168. The fraction of sp³-hybridized carbons (Fsp3) is 0.412. The van der Waals surface area contributed by atoms with Gasteiger partial charge in [-0.25, -0.2) is 8.42 Å². The van der Waals surface area contributed by atoms with Gasteiger partial charge in [0.05, 0.1) is 28.3 Å². The van der Waals surface area contributed by atoms with Crippen LogP contribution in [0.4, 0.5) is 5.13 Å². The van der Waals surface area contributed by atoms with Crippen molar-refractivity contribution in [1.82, 2.24) is 19.4 Å². The Morgan fingerprint density at radius 2 is 1.97 bits per heavy atom. The van der Waals surface area contributed by atoms with E-state index in [2.05, 4.69) is 20.3 Å². The zero-order valence-electron chi connectivity index (χ0n) is 16.7. The van der Waals surface area contributed by atoms with Crippen LogP contribution in [0.2, 0.25) is 5.02 Å². The van der Waals surface area contributed by atoms with Crippen LogP contribution in [0.1, 0.15) is 10.4 Å². The van der Waals surface area contributed by atoms with E-state index >= 15 is 0 Å². The van der Waals surface area contributed by atoms with Crippen molar-refractivity contribution >= 4 is 61.7 Å². The van der Waals surface area contributed by atoms with E-state index in [1.165, 1.54) is 29.6 Å². The first-order valence-corrected chi connectivity index (χ1v) is 12.7. The average molecular weight is 506 g/mol. The molecule has 0 saturated carbocycles. The molecule has 31 heavy (non-hydrogen) atoms. The van der Waals surface area contributed by atoms with Gasteiger partial charge in [-0.1, -0.05) is 34.7 Å². The molecule has 3 rings (SSSR count). The number of nitrogens with one attached hydrogen (secondary N) is 1. The van der Waals surface area contributed by atoms with Crippen molar-refractivity contribution in [1.29, 1.82) is 0 Å². The summed E-state index contributed by atoms with van der Waals surface area (Å²) >= 11 is 8.35. The molecule has 0 bridgehead atoms. The van der Waals surface area contributed by atoms with Crippen LogP contribution in [-0.4, -0.2) is 85.8 Å². The molecule has 0 atom stereocenters. The van der Waals surface area contributed by atoms with Crippen molar-refractivity contribution in [2.24, 2.45) is 0 Å². The zero-order valence-corrected chi connectivity index (χ0v) is 19.9. The van der Waals surface area contributed by atoms with Gasteiger partial charge >= 0.3 is 5.97 Å². The SMILES string of the molecule is COC(=O)CSc1nnc(NC(=O)c2cc(S(=O)(=O)N3CCN(C)CC3)ccc2Cl)s1. The first-order valence-electron chi connectivity index (χ1n) is 9.03. The second-order valence-corrected chi connectivity index (χ2v) is 11.1. The van der Waals surface area contributed by atoms with E-state index in [1.54, 1.807) is 0 Å². The summed E-state index contributed by atoms with van der Waals surface area (Å²) in [4.78, 5) is 26.0. The van der Waals surface area contributed by atoms with Gasteiger partial charge in [-0.15, -0.1) is 10.2 Å². The Morgan fingerprint density at radius 3 is 2.65 bits per heavy atom. The second-order valence-electron chi connectivity index (χ2n) is 6.54. The number of hydrogen-bond donors (Lipinski definition) is 1. The van der Waals surface area contributed by atoms with Crippen LogP contribution in [0.3, 0.4) is 0 Å². The first kappa shape index (κ1) is 23.9. The van der Waals surface area contributed by atoms with E-state index in [4.69, 9.17) is 11.6 Å². The number of hydrogen-bond acceptors (Lipinski definition) is 10. The molecule has 0 aliphatic carbocycles. The number of likely N-dealkylation sites (N-methyl/N-ethyl adjacent to an activating group) is 1. The monoisotopic (exact) mass is 505 g/mol. The van der Waals surface area contributed by atoms with Crippen LogP contribution < -0.4 is 5.32 Å². The van der Waals surface area contributed by atoms with E-state index in [-0.39, 0.29) is 26.4 Å². The lowest BCUT2D eigenvalue weighted by atomic mass is 10.2. The number of amides is 1. The summed E-state index contributed by atoms with van der Waals surface area (Å²) < 4.78 is 32.4. The van der Waals surface area contributed by atoms with Gasteiger partial charge in [-0.3, -0.25) is 14.9 Å². The Morgan fingerprint density at radius 1 is 1.26 bits per heavy atom. The van der Waals surface area contributed by atoms with Crippen LogP contribution in [0.25, 0.3) is 0 Å². The highest BCUT2D eigenvalue weighted by atomic mass is 35.5. The Hall–Kier alpha value is -1.77. The summed E-state index contributed by atoms with van der Waals surface area (Å²) in [5.41, 5.74) is 0.0100. The Labute approximate surface area is 193 Å². The number of anilines is 1. The molecule has 1 saturated heterocycles. The van der Waals surface area contributed by atoms with Gasteiger partial charge in [-0.2, -0.15) is 4.31 Å². The molecular formula is C17H20ClN5O5S3. The molecule has 0 unspecified atom stereocenters. The van der Waals surface area contributed by atoms with Crippen LogP contribution in [-0.2, 0) is 19.6 Å². The molecule has 1 fully saturated rings. The molecule has 1 aliphatic heterocycles. The molecule has 1 N–H and O–H groups in total. The van der Waals surface area contributed by atoms with Crippen molar-refractivity contribution in [2.45, 2.75) is 9.24 Å². The van der Waals surface area contributed by atoms with E-state index < -0.39 is 21.9 Å². The van der Waals surface area contributed by atoms with Crippen LogP contribution >= 0.6 is 34.7 Å². The molecule has 1 amide bonds. The predicted molar refractivity (Wildman–Crippen MR) is 118 cm³/mol. The van der Waals surface area contributed by atoms with Crippen molar-refractivity contribution in [2.75, 3.05) is 51.4 Å². The topological polar surface area (TPSA) is 122 Å². The third-order valence-electron chi connectivity index (χ3n) is 4.45. The Balaban J connectivity index is 1.73. The molecule has 1 aliphatic rings. The van der Waals surface area contributed by atoms with Crippen molar-refractivity contribution in [3.63, 3.8) is 0 Å². The fourth-order valence-electron chi connectivity index (χ4n) is 2.68. The minimum Gasteiger partial charge on any atom is -0.468 e. The molecule has 1 aromatic heterocycles. The number of nitrogens with zero attached hydrogens (tertiary/aromatic N) is 4. The van der Waals surface area contributed by atoms with Gasteiger partial charge in [0.25, 0.3) is 5.91 Å². The maximum Gasteiger partial charge on any atom is 0.316 e. The third-order valence-corrected chi connectivity index (χ3v) is 8.62. The molecule has 10 nitrogen and oxygen atoms in total. The number of carbonyl (C=O) groups is 2. The first-order chi connectivity index (χ1) is 14.7. The molecule has 2 heterocycles. The van der Waals surface area contributed by atoms with Crippen molar-refractivity contribution in [3.8, 4) is 0 Å². The highest BCUT2D eigenvalue weighted by molar-refractivity contribution is 8.01. The minimum atomic E-state index is -3.75. The number of benzene rings is 1. The third kappa shape index (κ3) is 5.93. The zero-order chi connectivity index (χ0) is 22.6. The molecule has 1 aromatic carbocycles. The number of halogens is 1. The highest BCUT2D eigenvalue weighted by Crippen LogP contribution is 2.28. The number of thioether (sulfide) groups is 1. The predicted octanol–water partition coefficient (Wildman–Crippen LogP) is 1.65. The van der Waals surface area contributed by atoms with E-state index in [9.17, 15) is 18.0 Å². The van der Waals surface area contributed by atoms with Crippen LogP contribution in [0.15, 0.2) is 27.4 Å². The number of sulfonamides is 1. The summed E-state index contributed by atoms with van der Waals surface area (Å²) in [6.07, 6.45) is 0. The molecular weight excluding hydrogens is 486 g/mol. The largest absolute Gasteiger partial charge is 0.468 e. The lowest BCUT2D eigenvalue weighted by molar-refractivity contribution is -0.137. The smallest absolute Gasteiger partial charge is 0.316 e. The van der Waals surface area contributed by atoms with E-state index in [1.807, 2.05) is 11.9 Å². The van der Waals surface area contributed by atoms with E-state index in [0.717, 1.165) is 23.1 Å². The standard InChI is InChI=1S/C17H20ClN5O5S3/c1-22-5-7-23(8-6-22)31(26,27)11-3-4-13(18)12(9-11)15(25)19-16-20-21-17(30-16)29-10-14(24)28-2/h3-4,9H,5-8,10H2,1-2H3,(H,19,20,25). The normalized spacial score (nSPS) is 15.6. The molecule has 168 valence electrons. The molecule has 14 heteroatoms. The van der Waals surface area contributed by atoms with Gasteiger partial charge < -0.3 is 9.64 Å². The molecule has 0 spiro atoms. The number of methoxy groups -OCH3 is 1. The van der Waals surface area contributed by atoms with Gasteiger partial charge in [0.15, 0.2) is 4.34 Å². The average Bonchev–Trinajstić information content (AvgIpc) is 3.19. The summed E-state index contributed by atoms with van der Waals surface area (Å²) in [5.74, 6) is -0.950. The van der Waals surface area contributed by atoms with E-state index in [0.29, 0.717) is 30.5 Å². The summed E-state index contributed by atoms with van der Waals surface area (Å²) in [7, 11) is -0.529. The van der Waals surface area contributed by atoms with Gasteiger partial charge in [0, 0.05) is 26.2 Å². The van der Waals surface area contributed by atoms with Gasteiger partial charge in [-0.05, 0) is 25.2 Å². The fourth-order valence-corrected chi connectivity index (χ4v) is 5.91. The lowest BCUT2D eigenvalue weighted by Gasteiger charge is -2.31. The van der Waals surface area contributed by atoms with Crippen LogP contribution in [0, 0.1) is 0 Å². The maximum atomic E-state index is 13.0.